The van der Waals surface area contributed by atoms with Gasteiger partial charge in [-0.05, 0) is 88.1 Å². The molecule has 0 radical (unpaired) electrons. The van der Waals surface area contributed by atoms with Gasteiger partial charge in [-0.3, -0.25) is 5.10 Å². The van der Waals surface area contributed by atoms with E-state index in [1.165, 1.54) is 38.9 Å². The lowest BCUT2D eigenvalue weighted by atomic mass is 10.1. The average molecular weight is 491 g/mol. The molecule has 0 saturated carbocycles. The van der Waals surface area contributed by atoms with Crippen molar-refractivity contribution in [3.05, 3.63) is 72.4 Å². The van der Waals surface area contributed by atoms with Gasteiger partial charge < -0.3 is 24.8 Å². The van der Waals surface area contributed by atoms with Crippen LogP contribution in [0.1, 0.15) is 37.7 Å². The first-order chi connectivity index (χ1) is 17.8. The number of likely N-dealkylation sites (tertiary alicyclic amines) is 1. The van der Waals surface area contributed by atoms with Crippen molar-refractivity contribution in [2.75, 3.05) is 45.2 Å². The summed E-state index contributed by atoms with van der Waals surface area (Å²) in [5.41, 5.74) is 9.74. The first kappa shape index (κ1) is 25.8. The Labute approximate surface area is 214 Å². The van der Waals surface area contributed by atoms with E-state index in [0.717, 1.165) is 53.5 Å². The van der Waals surface area contributed by atoms with Crippen LogP contribution in [0.15, 0.2) is 66.9 Å². The molecule has 36 heavy (non-hydrogen) atoms. The number of nitrogen functional groups attached to an aromatic ring is 1. The van der Waals surface area contributed by atoms with Crippen LogP contribution in [0.5, 0.6) is 11.5 Å². The highest BCUT2D eigenvalue weighted by Gasteiger charge is 2.10. The van der Waals surface area contributed by atoms with E-state index in [0.29, 0.717) is 19.8 Å². The summed E-state index contributed by atoms with van der Waals surface area (Å²) in [5.74, 6) is 1.71. The van der Waals surface area contributed by atoms with Gasteiger partial charge in [0.2, 0.25) is 0 Å². The van der Waals surface area contributed by atoms with Gasteiger partial charge in [-0.1, -0.05) is 24.3 Å². The van der Waals surface area contributed by atoms with Gasteiger partial charge in [0.25, 0.3) is 0 Å². The third-order valence-electron chi connectivity index (χ3n) is 6.25. The van der Waals surface area contributed by atoms with Crippen molar-refractivity contribution in [3.63, 3.8) is 0 Å². The highest BCUT2D eigenvalue weighted by molar-refractivity contribution is 5.60. The van der Waals surface area contributed by atoms with E-state index in [9.17, 15) is 0 Å². The first-order valence-corrected chi connectivity index (χ1v) is 13.0. The minimum absolute atomic E-state index is 0.468. The van der Waals surface area contributed by atoms with E-state index in [4.69, 9.17) is 19.9 Å². The number of hydrogen-bond donors (Lipinski definition) is 2. The second kappa shape index (κ2) is 14.3. The Balaban J connectivity index is 1.11. The third-order valence-corrected chi connectivity index (χ3v) is 6.25. The fraction of sp³-hybridized carbons (Fsp3) is 0.414. The number of ether oxygens (including phenoxy) is 3. The van der Waals surface area contributed by atoms with Gasteiger partial charge in [0, 0.05) is 23.0 Å². The zero-order chi connectivity index (χ0) is 24.8. The van der Waals surface area contributed by atoms with E-state index >= 15 is 0 Å². The molecule has 0 unspecified atom stereocenters. The zero-order valence-electron chi connectivity index (χ0n) is 21.0. The highest BCUT2D eigenvalue weighted by Crippen LogP contribution is 2.23. The molecule has 1 aliphatic heterocycles. The molecule has 0 spiro atoms. The lowest BCUT2D eigenvalue weighted by Crippen LogP contribution is -2.20. The highest BCUT2D eigenvalue weighted by atomic mass is 16.5. The van der Waals surface area contributed by atoms with Gasteiger partial charge in [-0.25, -0.2) is 0 Å². The van der Waals surface area contributed by atoms with Gasteiger partial charge in [0.15, 0.2) is 0 Å². The topological polar surface area (TPSA) is 85.6 Å². The normalized spacial score (nSPS) is 14.0. The standard InChI is InChI=1S/C29H38N4O3/c30-26-11-12-29(36-20-7-4-17-33-15-2-3-16-33)25(21-26)23-34-18-5-1-6-19-35-27-10-8-9-24(22-27)28-13-14-31-32-28/h1,5,8-14,21-22H,2-4,6-7,15-20,23,30H2,(H,31,32)/b5-1+. The molecule has 2 aromatic carbocycles. The van der Waals surface area contributed by atoms with Crippen molar-refractivity contribution in [3.8, 4) is 22.8 Å². The quantitative estimate of drug-likeness (QED) is 0.167. The number of aromatic nitrogens is 2. The number of H-pyrrole nitrogens is 1. The molecule has 3 aromatic rings. The number of benzene rings is 2. The van der Waals surface area contributed by atoms with Crippen LogP contribution < -0.4 is 15.2 Å². The maximum atomic E-state index is 6.05. The molecule has 7 nitrogen and oxygen atoms in total. The molecule has 1 fully saturated rings. The summed E-state index contributed by atoms with van der Waals surface area (Å²) in [6.07, 6.45) is 11.6. The zero-order valence-corrected chi connectivity index (χ0v) is 21.0. The predicted octanol–water partition coefficient (Wildman–Crippen LogP) is 5.46. The molecule has 192 valence electrons. The predicted molar refractivity (Wildman–Crippen MR) is 144 cm³/mol. The lowest BCUT2D eigenvalue weighted by Gasteiger charge is -2.15. The summed E-state index contributed by atoms with van der Waals surface area (Å²) in [4.78, 5) is 2.54. The number of nitrogens with one attached hydrogen (secondary N) is 1. The molecule has 0 amide bonds. The van der Waals surface area contributed by atoms with E-state index in [-0.39, 0.29) is 0 Å². The maximum Gasteiger partial charge on any atom is 0.124 e. The van der Waals surface area contributed by atoms with Crippen LogP contribution in [-0.2, 0) is 11.3 Å². The van der Waals surface area contributed by atoms with Gasteiger partial charge >= 0.3 is 0 Å². The second-order valence-electron chi connectivity index (χ2n) is 9.09. The van der Waals surface area contributed by atoms with Gasteiger partial charge in [-0.2, -0.15) is 5.10 Å². The van der Waals surface area contributed by atoms with Gasteiger partial charge in [0.1, 0.15) is 11.5 Å². The summed E-state index contributed by atoms with van der Waals surface area (Å²) in [7, 11) is 0. The van der Waals surface area contributed by atoms with E-state index in [1.54, 1.807) is 6.20 Å². The summed E-state index contributed by atoms with van der Waals surface area (Å²) < 4.78 is 17.8. The smallest absolute Gasteiger partial charge is 0.124 e. The molecule has 7 heteroatoms. The van der Waals surface area contributed by atoms with Crippen LogP contribution in [0.25, 0.3) is 11.3 Å². The minimum atomic E-state index is 0.468. The van der Waals surface area contributed by atoms with Gasteiger partial charge in [0.05, 0.1) is 32.1 Å². The van der Waals surface area contributed by atoms with Crippen LogP contribution in [0.2, 0.25) is 0 Å². The van der Waals surface area contributed by atoms with Crippen molar-refractivity contribution in [2.45, 2.75) is 38.7 Å². The number of anilines is 1. The van der Waals surface area contributed by atoms with Gasteiger partial charge in [-0.15, -0.1) is 0 Å². The molecule has 4 rings (SSSR count). The summed E-state index contributed by atoms with van der Waals surface area (Å²) in [6, 6.07) is 15.7. The number of rotatable bonds is 15. The monoisotopic (exact) mass is 490 g/mol. The number of nitrogens with zero attached hydrogens (tertiary/aromatic N) is 2. The van der Waals surface area contributed by atoms with Crippen molar-refractivity contribution >= 4 is 5.69 Å². The van der Waals surface area contributed by atoms with E-state index in [2.05, 4.69) is 21.2 Å². The number of nitrogens with two attached hydrogens (primary N) is 1. The molecule has 0 atom stereocenters. The Morgan fingerprint density at radius 3 is 2.75 bits per heavy atom. The summed E-state index contributed by atoms with van der Waals surface area (Å²) in [5, 5.41) is 6.97. The second-order valence-corrected chi connectivity index (χ2v) is 9.09. The van der Waals surface area contributed by atoms with Crippen molar-refractivity contribution in [2.24, 2.45) is 0 Å². The van der Waals surface area contributed by atoms with Crippen LogP contribution in [0.3, 0.4) is 0 Å². The molecule has 3 N–H and O–H groups in total. The molecular formula is C29H38N4O3. The SMILES string of the molecule is Nc1ccc(OCCCCN2CCCC2)c(COC/C=C/CCOc2cccc(-c3ccn[nH]3)c2)c1. The van der Waals surface area contributed by atoms with Crippen LogP contribution in [-0.4, -0.2) is 54.6 Å². The molecule has 1 saturated heterocycles. The van der Waals surface area contributed by atoms with E-state index in [1.807, 2.05) is 54.6 Å². The number of unbranched alkanes of at least 4 members (excludes halogenated alkanes) is 1. The molecule has 0 bridgehead atoms. The molecule has 0 aliphatic carbocycles. The van der Waals surface area contributed by atoms with Crippen molar-refractivity contribution in [1.29, 1.82) is 0 Å². The molecular weight excluding hydrogens is 452 g/mol. The average Bonchev–Trinajstić information content (AvgIpc) is 3.61. The van der Waals surface area contributed by atoms with Crippen LogP contribution in [0, 0.1) is 0 Å². The third kappa shape index (κ3) is 8.43. The maximum absolute atomic E-state index is 6.05. The Morgan fingerprint density at radius 2 is 1.89 bits per heavy atom. The lowest BCUT2D eigenvalue weighted by molar-refractivity contribution is 0.145. The van der Waals surface area contributed by atoms with Crippen LogP contribution in [0.4, 0.5) is 5.69 Å². The largest absolute Gasteiger partial charge is 0.493 e. The van der Waals surface area contributed by atoms with Crippen molar-refractivity contribution < 1.29 is 14.2 Å². The Hall–Kier alpha value is -3.29. The molecule has 1 aromatic heterocycles. The number of aromatic amines is 1. The first-order valence-electron chi connectivity index (χ1n) is 13.0. The summed E-state index contributed by atoms with van der Waals surface area (Å²) in [6.45, 7) is 6.00. The Morgan fingerprint density at radius 1 is 0.972 bits per heavy atom. The Bertz CT molecular complexity index is 1060. The minimum Gasteiger partial charge on any atom is -0.493 e. The molecule has 2 heterocycles. The fourth-order valence-corrected chi connectivity index (χ4v) is 4.32. The molecule has 1 aliphatic rings. The number of hydrogen-bond acceptors (Lipinski definition) is 6. The van der Waals surface area contributed by atoms with E-state index < -0.39 is 0 Å². The van der Waals surface area contributed by atoms with Crippen molar-refractivity contribution in [1.82, 2.24) is 15.1 Å². The Kier molecular flexibility index (Phi) is 10.3. The summed E-state index contributed by atoms with van der Waals surface area (Å²) >= 11 is 0. The fourth-order valence-electron chi connectivity index (χ4n) is 4.32. The van der Waals surface area contributed by atoms with Crippen LogP contribution >= 0.6 is 0 Å².